The van der Waals surface area contributed by atoms with Crippen LogP contribution in [-0.2, 0) is 16.0 Å². The van der Waals surface area contributed by atoms with E-state index in [1.165, 1.54) is 13.8 Å². The molecule has 0 saturated carbocycles. The van der Waals surface area contributed by atoms with Gasteiger partial charge in [-0.15, -0.1) is 0 Å². The molecule has 1 aliphatic heterocycles. The van der Waals surface area contributed by atoms with Gasteiger partial charge in [-0.3, -0.25) is 9.59 Å². The van der Waals surface area contributed by atoms with Crippen LogP contribution in [0.5, 0.6) is 5.75 Å². The number of nitrogens with one attached hydrogen (secondary N) is 2. The molecule has 1 aliphatic rings. The lowest BCUT2D eigenvalue weighted by Crippen LogP contribution is -2.15. The first-order valence-electron chi connectivity index (χ1n) is 5.91. The molecule has 18 heavy (non-hydrogen) atoms. The number of fused-ring (bicyclic) bond motifs is 1. The number of carbonyl (C=O) groups excluding carboxylic acids is 2. The summed E-state index contributed by atoms with van der Waals surface area (Å²) in [5, 5.41) is 5.41. The number of aryl methyl sites for hydroxylation is 1. The van der Waals surface area contributed by atoms with Crippen molar-refractivity contribution in [1.29, 1.82) is 0 Å². The molecule has 5 nitrogen and oxygen atoms in total. The van der Waals surface area contributed by atoms with Gasteiger partial charge in [-0.05, 0) is 24.5 Å². The Labute approximate surface area is 106 Å². The zero-order chi connectivity index (χ0) is 13.1. The van der Waals surface area contributed by atoms with Gasteiger partial charge in [0.15, 0.2) is 0 Å². The largest absolute Gasteiger partial charge is 0.493 e. The van der Waals surface area contributed by atoms with Gasteiger partial charge < -0.3 is 15.4 Å². The van der Waals surface area contributed by atoms with E-state index in [1.54, 1.807) is 6.07 Å². The Morgan fingerprint density at radius 2 is 1.72 bits per heavy atom. The second-order valence-corrected chi connectivity index (χ2v) is 4.32. The molecule has 0 bridgehead atoms. The van der Waals surface area contributed by atoms with Gasteiger partial charge in [0.1, 0.15) is 5.75 Å². The monoisotopic (exact) mass is 248 g/mol. The highest BCUT2D eigenvalue weighted by Gasteiger charge is 2.15. The molecule has 5 heteroatoms. The fourth-order valence-corrected chi connectivity index (χ4v) is 1.99. The van der Waals surface area contributed by atoms with Crippen molar-refractivity contribution in [1.82, 2.24) is 0 Å². The van der Waals surface area contributed by atoms with Gasteiger partial charge in [-0.2, -0.15) is 0 Å². The molecule has 1 aromatic rings. The SMILES string of the molecule is CC(=O)Nc1cc2c(cc1NC(C)=O)OCCC2. The molecular formula is C13H16N2O3. The fraction of sp³-hybridized carbons (Fsp3) is 0.385. The number of rotatable bonds is 2. The smallest absolute Gasteiger partial charge is 0.221 e. The quantitative estimate of drug-likeness (QED) is 0.840. The zero-order valence-electron chi connectivity index (χ0n) is 10.5. The minimum absolute atomic E-state index is 0.168. The first kappa shape index (κ1) is 12.4. The summed E-state index contributed by atoms with van der Waals surface area (Å²) in [5.74, 6) is 0.426. The van der Waals surface area contributed by atoms with Crippen molar-refractivity contribution in [3.05, 3.63) is 17.7 Å². The molecule has 1 heterocycles. The summed E-state index contributed by atoms with van der Waals surface area (Å²) < 4.78 is 5.54. The van der Waals surface area contributed by atoms with E-state index in [-0.39, 0.29) is 11.8 Å². The molecule has 0 spiro atoms. The van der Waals surface area contributed by atoms with Crippen LogP contribution >= 0.6 is 0 Å². The molecule has 0 aliphatic carbocycles. The highest BCUT2D eigenvalue weighted by Crippen LogP contribution is 2.34. The van der Waals surface area contributed by atoms with E-state index < -0.39 is 0 Å². The van der Waals surface area contributed by atoms with Crippen LogP contribution in [0.25, 0.3) is 0 Å². The Morgan fingerprint density at radius 3 is 2.33 bits per heavy atom. The number of carbonyl (C=O) groups is 2. The molecule has 0 unspecified atom stereocenters. The molecule has 0 saturated heterocycles. The van der Waals surface area contributed by atoms with Crippen LogP contribution in [0.1, 0.15) is 25.8 Å². The summed E-state index contributed by atoms with van der Waals surface area (Å²) in [6, 6.07) is 3.63. The number of hydrogen-bond acceptors (Lipinski definition) is 3. The Hall–Kier alpha value is -2.04. The van der Waals surface area contributed by atoms with E-state index in [0.29, 0.717) is 18.0 Å². The molecule has 0 aromatic heterocycles. The van der Waals surface area contributed by atoms with E-state index in [1.807, 2.05) is 6.07 Å². The van der Waals surface area contributed by atoms with Crippen LogP contribution in [0.3, 0.4) is 0 Å². The Bertz CT molecular complexity index is 452. The molecule has 0 radical (unpaired) electrons. The Kier molecular flexibility index (Phi) is 3.50. The van der Waals surface area contributed by atoms with Crippen LogP contribution in [0.2, 0.25) is 0 Å². The second-order valence-electron chi connectivity index (χ2n) is 4.32. The van der Waals surface area contributed by atoms with E-state index in [2.05, 4.69) is 10.6 Å². The third-order valence-electron chi connectivity index (χ3n) is 2.67. The lowest BCUT2D eigenvalue weighted by molar-refractivity contribution is -0.115. The van der Waals surface area contributed by atoms with Gasteiger partial charge in [0.05, 0.1) is 18.0 Å². The van der Waals surface area contributed by atoms with E-state index in [4.69, 9.17) is 4.74 Å². The van der Waals surface area contributed by atoms with Crippen LogP contribution in [0.15, 0.2) is 12.1 Å². The maximum absolute atomic E-state index is 11.2. The van der Waals surface area contributed by atoms with Crippen LogP contribution in [0.4, 0.5) is 11.4 Å². The minimum Gasteiger partial charge on any atom is -0.493 e. The summed E-state index contributed by atoms with van der Waals surface area (Å²) in [6.07, 6.45) is 1.88. The lowest BCUT2D eigenvalue weighted by Gasteiger charge is -2.20. The van der Waals surface area contributed by atoms with Gasteiger partial charge in [-0.1, -0.05) is 0 Å². The highest BCUT2D eigenvalue weighted by molar-refractivity contribution is 5.98. The van der Waals surface area contributed by atoms with Crippen molar-refractivity contribution in [3.8, 4) is 5.75 Å². The van der Waals surface area contributed by atoms with E-state index >= 15 is 0 Å². The van der Waals surface area contributed by atoms with Crippen molar-refractivity contribution in [2.75, 3.05) is 17.2 Å². The molecule has 2 amide bonds. The predicted molar refractivity (Wildman–Crippen MR) is 68.9 cm³/mol. The zero-order valence-corrected chi connectivity index (χ0v) is 10.5. The number of anilines is 2. The van der Waals surface area contributed by atoms with Crippen molar-refractivity contribution >= 4 is 23.2 Å². The minimum atomic E-state index is -0.183. The molecular weight excluding hydrogens is 232 g/mol. The highest BCUT2D eigenvalue weighted by atomic mass is 16.5. The first-order valence-corrected chi connectivity index (χ1v) is 5.91. The van der Waals surface area contributed by atoms with Gasteiger partial charge in [0.2, 0.25) is 11.8 Å². The Balaban J connectivity index is 2.40. The summed E-state index contributed by atoms with van der Waals surface area (Å²) in [6.45, 7) is 3.55. The normalized spacial score (nSPS) is 13.2. The molecule has 0 fully saturated rings. The van der Waals surface area contributed by atoms with Gasteiger partial charge in [-0.25, -0.2) is 0 Å². The standard InChI is InChI=1S/C13H16N2O3/c1-8(16)14-11-6-10-4-3-5-18-13(10)7-12(11)15-9(2)17/h6-7H,3-5H2,1-2H3,(H,14,16)(H,15,17). The molecule has 2 N–H and O–H groups in total. The molecule has 0 atom stereocenters. The third kappa shape index (κ3) is 2.80. The van der Waals surface area contributed by atoms with Crippen molar-refractivity contribution < 1.29 is 14.3 Å². The van der Waals surface area contributed by atoms with Crippen molar-refractivity contribution in [2.24, 2.45) is 0 Å². The van der Waals surface area contributed by atoms with Gasteiger partial charge in [0.25, 0.3) is 0 Å². The first-order chi connectivity index (χ1) is 8.56. The second kappa shape index (κ2) is 5.08. The topological polar surface area (TPSA) is 67.4 Å². The van der Waals surface area contributed by atoms with Crippen LogP contribution in [-0.4, -0.2) is 18.4 Å². The molecule has 96 valence electrons. The van der Waals surface area contributed by atoms with E-state index in [0.717, 1.165) is 24.2 Å². The molecule has 2 rings (SSSR count). The summed E-state index contributed by atoms with van der Waals surface area (Å²) in [7, 11) is 0. The summed E-state index contributed by atoms with van der Waals surface area (Å²) in [4.78, 5) is 22.3. The van der Waals surface area contributed by atoms with Crippen molar-refractivity contribution in [2.45, 2.75) is 26.7 Å². The summed E-state index contributed by atoms with van der Waals surface area (Å²) in [5.41, 5.74) is 2.24. The Morgan fingerprint density at radius 1 is 1.11 bits per heavy atom. The van der Waals surface area contributed by atoms with E-state index in [9.17, 15) is 9.59 Å². The molecule has 1 aromatic carbocycles. The number of amides is 2. The number of hydrogen-bond donors (Lipinski definition) is 2. The summed E-state index contributed by atoms with van der Waals surface area (Å²) >= 11 is 0. The predicted octanol–water partition coefficient (Wildman–Crippen LogP) is 1.93. The van der Waals surface area contributed by atoms with Crippen LogP contribution < -0.4 is 15.4 Å². The van der Waals surface area contributed by atoms with Gasteiger partial charge in [0, 0.05) is 19.9 Å². The average molecular weight is 248 g/mol. The lowest BCUT2D eigenvalue weighted by atomic mass is 10.0. The third-order valence-corrected chi connectivity index (χ3v) is 2.67. The van der Waals surface area contributed by atoms with Crippen LogP contribution in [0, 0.1) is 0 Å². The number of benzene rings is 1. The van der Waals surface area contributed by atoms with Crippen molar-refractivity contribution in [3.63, 3.8) is 0 Å². The maximum Gasteiger partial charge on any atom is 0.221 e. The average Bonchev–Trinajstić information content (AvgIpc) is 2.28. The number of ether oxygens (including phenoxy) is 1. The maximum atomic E-state index is 11.2. The fourth-order valence-electron chi connectivity index (χ4n) is 1.99. The van der Waals surface area contributed by atoms with Gasteiger partial charge >= 0.3 is 0 Å².